The summed E-state index contributed by atoms with van der Waals surface area (Å²) in [5, 5.41) is 13.9. The van der Waals surface area contributed by atoms with Gasteiger partial charge in [-0.1, -0.05) is 17.7 Å². The zero-order valence-corrected chi connectivity index (χ0v) is 12.7. The van der Waals surface area contributed by atoms with Crippen LogP contribution >= 0.6 is 0 Å². The molecule has 1 aliphatic rings. The summed E-state index contributed by atoms with van der Waals surface area (Å²) < 4.78 is 0. The van der Waals surface area contributed by atoms with Crippen LogP contribution in [0.25, 0.3) is 0 Å². The fraction of sp³-hybridized carbons (Fsp3) is 0.625. The number of benzene rings is 1. The molecule has 1 aromatic rings. The Labute approximate surface area is 116 Å². The Hall–Kier alpha value is -1.06. The van der Waals surface area contributed by atoms with Crippen LogP contribution in [0.4, 0.5) is 5.69 Å². The van der Waals surface area contributed by atoms with E-state index in [4.69, 9.17) is 0 Å². The SMILES string of the molecule is Cc1ccc(N2CC(C)(O)CNC(C)(C)C2)c(C)c1. The van der Waals surface area contributed by atoms with E-state index in [9.17, 15) is 5.11 Å². The number of nitrogens with zero attached hydrogens (tertiary/aromatic N) is 1. The summed E-state index contributed by atoms with van der Waals surface area (Å²) in [6, 6.07) is 6.51. The maximum Gasteiger partial charge on any atom is 0.0917 e. The van der Waals surface area contributed by atoms with Crippen molar-refractivity contribution in [3.05, 3.63) is 29.3 Å². The molecule has 106 valence electrons. The third-order valence-corrected chi connectivity index (χ3v) is 3.76. The van der Waals surface area contributed by atoms with Crippen molar-refractivity contribution in [3.8, 4) is 0 Å². The van der Waals surface area contributed by atoms with Crippen molar-refractivity contribution in [2.75, 3.05) is 24.5 Å². The van der Waals surface area contributed by atoms with Gasteiger partial charge in [0.1, 0.15) is 0 Å². The molecule has 0 saturated carbocycles. The highest BCUT2D eigenvalue weighted by Gasteiger charge is 2.34. The number of β-amino-alcohol motifs (C(OH)–C–C–N with tert-alkyl or cyclic N) is 1. The number of aryl methyl sites for hydroxylation is 2. The molecule has 0 bridgehead atoms. The molecule has 1 unspecified atom stereocenters. The van der Waals surface area contributed by atoms with Crippen LogP contribution in [0, 0.1) is 13.8 Å². The van der Waals surface area contributed by atoms with Gasteiger partial charge < -0.3 is 15.3 Å². The Kier molecular flexibility index (Phi) is 3.63. The maximum atomic E-state index is 10.5. The minimum absolute atomic E-state index is 0.00217. The number of anilines is 1. The summed E-state index contributed by atoms with van der Waals surface area (Å²) in [5.41, 5.74) is 3.07. The summed E-state index contributed by atoms with van der Waals surface area (Å²) in [7, 11) is 0. The van der Waals surface area contributed by atoms with Gasteiger partial charge in [0.15, 0.2) is 0 Å². The molecule has 1 fully saturated rings. The third kappa shape index (κ3) is 3.48. The molecule has 2 N–H and O–H groups in total. The fourth-order valence-corrected chi connectivity index (χ4v) is 2.82. The summed E-state index contributed by atoms with van der Waals surface area (Å²) in [5.74, 6) is 0. The van der Waals surface area contributed by atoms with Gasteiger partial charge in [0, 0.05) is 30.9 Å². The van der Waals surface area contributed by atoms with E-state index in [1.54, 1.807) is 0 Å². The minimum Gasteiger partial charge on any atom is -0.387 e. The van der Waals surface area contributed by atoms with Gasteiger partial charge in [0.25, 0.3) is 0 Å². The number of hydrogen-bond donors (Lipinski definition) is 2. The zero-order valence-electron chi connectivity index (χ0n) is 12.7. The highest BCUT2D eigenvalue weighted by Crippen LogP contribution is 2.26. The van der Waals surface area contributed by atoms with Crippen molar-refractivity contribution in [3.63, 3.8) is 0 Å². The molecule has 0 radical (unpaired) electrons. The van der Waals surface area contributed by atoms with E-state index < -0.39 is 5.60 Å². The van der Waals surface area contributed by atoms with Crippen molar-refractivity contribution >= 4 is 5.69 Å². The van der Waals surface area contributed by atoms with Gasteiger partial charge in [-0.2, -0.15) is 0 Å². The Morgan fingerprint density at radius 1 is 1.16 bits per heavy atom. The largest absolute Gasteiger partial charge is 0.387 e. The van der Waals surface area contributed by atoms with Crippen molar-refractivity contribution < 1.29 is 5.11 Å². The van der Waals surface area contributed by atoms with Crippen LogP contribution in [0.5, 0.6) is 0 Å². The maximum absolute atomic E-state index is 10.5. The Balaban J connectivity index is 2.35. The normalized spacial score (nSPS) is 27.2. The first-order chi connectivity index (χ1) is 8.69. The molecular weight excluding hydrogens is 236 g/mol. The van der Waals surface area contributed by atoms with Gasteiger partial charge in [-0.25, -0.2) is 0 Å². The summed E-state index contributed by atoms with van der Waals surface area (Å²) >= 11 is 0. The molecule has 19 heavy (non-hydrogen) atoms. The highest BCUT2D eigenvalue weighted by atomic mass is 16.3. The van der Waals surface area contributed by atoms with Gasteiger partial charge in [-0.05, 0) is 46.2 Å². The lowest BCUT2D eigenvalue weighted by atomic mass is 10.0. The average Bonchev–Trinajstić information content (AvgIpc) is 2.35. The molecule has 0 amide bonds. The van der Waals surface area contributed by atoms with Crippen LogP contribution in [0.1, 0.15) is 31.9 Å². The first-order valence-corrected chi connectivity index (χ1v) is 6.98. The van der Waals surface area contributed by atoms with E-state index in [1.165, 1.54) is 16.8 Å². The third-order valence-electron chi connectivity index (χ3n) is 3.76. The van der Waals surface area contributed by atoms with E-state index >= 15 is 0 Å². The lowest BCUT2D eigenvalue weighted by molar-refractivity contribution is 0.0696. The van der Waals surface area contributed by atoms with Crippen LogP contribution in [-0.2, 0) is 0 Å². The molecule has 0 aromatic heterocycles. The number of hydrogen-bond acceptors (Lipinski definition) is 3. The molecule has 1 saturated heterocycles. The molecule has 3 nitrogen and oxygen atoms in total. The minimum atomic E-state index is -0.703. The summed E-state index contributed by atoms with van der Waals surface area (Å²) in [6.07, 6.45) is 0. The van der Waals surface area contributed by atoms with Gasteiger partial charge >= 0.3 is 0 Å². The Morgan fingerprint density at radius 2 is 1.84 bits per heavy atom. The van der Waals surface area contributed by atoms with Crippen LogP contribution in [0.3, 0.4) is 0 Å². The quantitative estimate of drug-likeness (QED) is 0.815. The van der Waals surface area contributed by atoms with E-state index in [0.29, 0.717) is 13.1 Å². The van der Waals surface area contributed by atoms with E-state index in [0.717, 1.165) is 6.54 Å². The Morgan fingerprint density at radius 3 is 2.47 bits per heavy atom. The monoisotopic (exact) mass is 262 g/mol. The molecule has 1 aliphatic heterocycles. The van der Waals surface area contributed by atoms with Crippen LogP contribution in [0.2, 0.25) is 0 Å². The standard InChI is InChI=1S/C16H26N2O/c1-12-6-7-14(13(2)8-12)18-10-15(3,4)17-9-16(5,19)11-18/h6-8,17,19H,9-11H2,1-5H3. The van der Waals surface area contributed by atoms with Crippen LogP contribution in [-0.4, -0.2) is 35.9 Å². The first kappa shape index (κ1) is 14.4. The van der Waals surface area contributed by atoms with Crippen molar-refractivity contribution in [1.82, 2.24) is 5.32 Å². The zero-order chi connectivity index (χ0) is 14.3. The van der Waals surface area contributed by atoms with E-state index in [2.05, 4.69) is 56.1 Å². The molecule has 1 heterocycles. The number of aliphatic hydroxyl groups is 1. The smallest absolute Gasteiger partial charge is 0.0917 e. The Bertz CT molecular complexity index is 448. The summed E-state index contributed by atoms with van der Waals surface area (Å²) in [4.78, 5) is 2.30. The van der Waals surface area contributed by atoms with E-state index in [1.807, 2.05) is 6.92 Å². The molecule has 0 aliphatic carbocycles. The summed E-state index contributed by atoms with van der Waals surface area (Å²) in [6.45, 7) is 12.7. The lowest BCUT2D eigenvalue weighted by Gasteiger charge is -2.33. The predicted octanol–water partition coefficient (Wildman–Crippen LogP) is 2.24. The molecule has 1 atom stereocenters. The second kappa shape index (κ2) is 4.80. The molecule has 0 spiro atoms. The molecule has 3 heteroatoms. The van der Waals surface area contributed by atoms with Crippen molar-refractivity contribution in [2.24, 2.45) is 0 Å². The predicted molar refractivity (Wildman–Crippen MR) is 80.8 cm³/mol. The average molecular weight is 262 g/mol. The lowest BCUT2D eigenvalue weighted by Crippen LogP contribution is -2.47. The van der Waals surface area contributed by atoms with Crippen molar-refractivity contribution in [1.29, 1.82) is 0 Å². The van der Waals surface area contributed by atoms with Gasteiger partial charge in [0.2, 0.25) is 0 Å². The van der Waals surface area contributed by atoms with Gasteiger partial charge in [0.05, 0.1) is 5.60 Å². The van der Waals surface area contributed by atoms with Crippen LogP contribution < -0.4 is 10.2 Å². The topological polar surface area (TPSA) is 35.5 Å². The number of nitrogens with one attached hydrogen (secondary N) is 1. The van der Waals surface area contributed by atoms with Crippen LogP contribution in [0.15, 0.2) is 18.2 Å². The second-order valence-corrected chi connectivity index (χ2v) is 6.88. The highest BCUT2D eigenvalue weighted by molar-refractivity contribution is 5.55. The van der Waals surface area contributed by atoms with E-state index in [-0.39, 0.29) is 5.54 Å². The second-order valence-electron chi connectivity index (χ2n) is 6.88. The first-order valence-electron chi connectivity index (χ1n) is 6.98. The van der Waals surface area contributed by atoms with Crippen molar-refractivity contribution in [2.45, 2.75) is 45.8 Å². The number of rotatable bonds is 1. The van der Waals surface area contributed by atoms with Gasteiger partial charge in [-0.3, -0.25) is 0 Å². The fourth-order valence-electron chi connectivity index (χ4n) is 2.82. The molecule has 1 aromatic carbocycles. The molecular formula is C16H26N2O. The molecule has 2 rings (SSSR count). The van der Waals surface area contributed by atoms with Gasteiger partial charge in [-0.15, -0.1) is 0 Å².